The Morgan fingerprint density at radius 1 is 1.21 bits per heavy atom. The smallest absolute Gasteiger partial charge is 0.213 e. The Kier molecular flexibility index (Phi) is 7.28. The summed E-state index contributed by atoms with van der Waals surface area (Å²) < 4.78 is 54.3. The van der Waals surface area contributed by atoms with Gasteiger partial charge in [-0.2, -0.15) is 0 Å². The van der Waals surface area contributed by atoms with Gasteiger partial charge in [-0.1, -0.05) is 6.42 Å². The third-order valence-electron chi connectivity index (χ3n) is 5.51. The monoisotopic (exact) mass is 429 g/mol. The van der Waals surface area contributed by atoms with Gasteiger partial charge in [0, 0.05) is 52.4 Å². The fraction of sp³-hybridized carbons (Fsp3) is 0.632. The minimum Gasteiger partial charge on any atom is -0.366 e. The van der Waals surface area contributed by atoms with E-state index in [9.17, 15) is 17.2 Å². The quantitative estimate of drug-likeness (QED) is 0.506. The molecule has 29 heavy (non-hydrogen) atoms. The lowest BCUT2D eigenvalue weighted by Crippen LogP contribution is -2.53. The van der Waals surface area contributed by atoms with Crippen molar-refractivity contribution in [3.63, 3.8) is 0 Å². The lowest BCUT2D eigenvalue weighted by molar-refractivity contribution is 0.316. The molecule has 1 saturated heterocycles. The number of anilines is 1. The van der Waals surface area contributed by atoms with E-state index in [1.54, 1.807) is 11.9 Å². The van der Waals surface area contributed by atoms with Gasteiger partial charge in [-0.25, -0.2) is 21.9 Å². The van der Waals surface area contributed by atoms with Gasteiger partial charge in [-0.05, 0) is 30.9 Å². The fourth-order valence-corrected chi connectivity index (χ4v) is 4.54. The Balaban J connectivity index is 1.44. The second-order valence-electron chi connectivity index (χ2n) is 7.51. The third kappa shape index (κ3) is 6.02. The fourth-order valence-electron chi connectivity index (χ4n) is 3.53. The van der Waals surface area contributed by atoms with Gasteiger partial charge in [0.2, 0.25) is 10.0 Å². The Hall–Kier alpha value is -1.94. The van der Waals surface area contributed by atoms with Crippen molar-refractivity contribution in [1.82, 2.24) is 14.9 Å². The predicted molar refractivity (Wildman–Crippen MR) is 111 cm³/mol. The third-order valence-corrected chi connectivity index (χ3v) is 6.86. The summed E-state index contributed by atoms with van der Waals surface area (Å²) in [5.41, 5.74) is 0.260. The molecule has 1 heterocycles. The van der Waals surface area contributed by atoms with E-state index in [1.165, 1.54) is 12.5 Å². The molecular formula is C19H29F2N5O2S. The molecule has 1 aliphatic carbocycles. The van der Waals surface area contributed by atoms with Gasteiger partial charge in [0.05, 0.1) is 11.4 Å². The molecule has 1 aromatic rings. The number of rotatable bonds is 7. The van der Waals surface area contributed by atoms with Crippen LogP contribution < -0.4 is 14.9 Å². The van der Waals surface area contributed by atoms with Gasteiger partial charge < -0.3 is 15.1 Å². The van der Waals surface area contributed by atoms with Crippen molar-refractivity contribution >= 4 is 21.7 Å². The first-order valence-electron chi connectivity index (χ1n) is 10.0. The second-order valence-corrected chi connectivity index (χ2v) is 9.43. The van der Waals surface area contributed by atoms with Crippen LogP contribution in [0.15, 0.2) is 23.2 Å². The number of hydrogen-bond acceptors (Lipinski definition) is 4. The van der Waals surface area contributed by atoms with E-state index in [1.807, 2.05) is 4.90 Å². The maximum atomic E-state index is 14.0. The molecule has 10 heteroatoms. The van der Waals surface area contributed by atoms with Gasteiger partial charge >= 0.3 is 0 Å². The molecule has 2 N–H and O–H groups in total. The Morgan fingerprint density at radius 3 is 2.55 bits per heavy atom. The summed E-state index contributed by atoms with van der Waals surface area (Å²) in [5, 5.41) is 3.09. The molecule has 1 saturated carbocycles. The molecule has 1 aromatic carbocycles. The molecule has 0 aromatic heterocycles. The van der Waals surface area contributed by atoms with E-state index >= 15 is 0 Å². The van der Waals surface area contributed by atoms with Crippen molar-refractivity contribution in [1.29, 1.82) is 0 Å². The number of piperazine rings is 1. The molecule has 2 aliphatic rings. The molecule has 162 valence electrons. The van der Waals surface area contributed by atoms with Gasteiger partial charge in [0.15, 0.2) is 5.96 Å². The molecule has 1 aliphatic heterocycles. The SMILES string of the molecule is CN=C(NCCS(=O)(=O)NCC1CCC1)N1CCN(c2cc(F)ccc2F)CC1. The van der Waals surface area contributed by atoms with Gasteiger partial charge in [-0.15, -0.1) is 0 Å². The van der Waals surface area contributed by atoms with Crippen LogP contribution in [0.4, 0.5) is 14.5 Å². The molecule has 0 spiro atoms. The van der Waals surface area contributed by atoms with Crippen molar-refractivity contribution in [2.24, 2.45) is 10.9 Å². The highest BCUT2D eigenvalue weighted by Gasteiger charge is 2.23. The van der Waals surface area contributed by atoms with Crippen molar-refractivity contribution in [2.75, 3.05) is 57.0 Å². The standard InChI is InChI=1S/C19H29F2N5O2S/c1-22-19(23-7-12-29(27,28)24-14-15-3-2-4-15)26-10-8-25(9-11-26)18-13-16(20)5-6-17(18)21/h5-6,13,15,24H,2-4,7-12,14H2,1H3,(H,22,23). The predicted octanol–water partition coefficient (Wildman–Crippen LogP) is 1.38. The Morgan fingerprint density at radius 2 is 1.93 bits per heavy atom. The van der Waals surface area contributed by atoms with Crippen LogP contribution in [-0.2, 0) is 10.0 Å². The number of aliphatic imine (C=N–C) groups is 1. The highest BCUT2D eigenvalue weighted by molar-refractivity contribution is 7.89. The average molecular weight is 430 g/mol. The molecule has 0 amide bonds. The van der Waals surface area contributed by atoms with Crippen LogP contribution in [0.5, 0.6) is 0 Å². The summed E-state index contributed by atoms with van der Waals surface area (Å²) in [6.07, 6.45) is 3.38. The Labute approximate surface area is 171 Å². The van der Waals surface area contributed by atoms with E-state index in [4.69, 9.17) is 0 Å². The van der Waals surface area contributed by atoms with Crippen LogP contribution >= 0.6 is 0 Å². The number of nitrogens with zero attached hydrogens (tertiary/aromatic N) is 3. The van der Waals surface area contributed by atoms with E-state index in [-0.39, 0.29) is 18.0 Å². The number of sulfonamides is 1. The van der Waals surface area contributed by atoms with E-state index < -0.39 is 21.7 Å². The number of guanidine groups is 1. The second kappa shape index (κ2) is 9.71. The van der Waals surface area contributed by atoms with Crippen molar-refractivity contribution in [2.45, 2.75) is 19.3 Å². The summed E-state index contributed by atoms with van der Waals surface area (Å²) in [6.45, 7) is 2.95. The van der Waals surface area contributed by atoms with Crippen LogP contribution in [0.2, 0.25) is 0 Å². The summed E-state index contributed by atoms with van der Waals surface area (Å²) >= 11 is 0. The van der Waals surface area contributed by atoms with Crippen LogP contribution in [-0.4, -0.2) is 71.3 Å². The minimum absolute atomic E-state index is 0.0206. The van der Waals surface area contributed by atoms with Gasteiger partial charge in [-0.3, -0.25) is 4.99 Å². The maximum absolute atomic E-state index is 14.0. The largest absolute Gasteiger partial charge is 0.366 e. The van der Waals surface area contributed by atoms with E-state index in [0.29, 0.717) is 44.6 Å². The topological polar surface area (TPSA) is 77.0 Å². The molecule has 0 unspecified atom stereocenters. The number of benzene rings is 1. The first-order valence-corrected chi connectivity index (χ1v) is 11.7. The summed E-state index contributed by atoms with van der Waals surface area (Å²) in [5.74, 6) is 0.159. The van der Waals surface area contributed by atoms with Crippen molar-refractivity contribution in [3.8, 4) is 0 Å². The molecule has 0 atom stereocenters. The Bertz CT molecular complexity index is 822. The summed E-state index contributed by atoms with van der Waals surface area (Å²) in [7, 11) is -1.67. The number of nitrogens with one attached hydrogen (secondary N) is 2. The summed E-state index contributed by atoms with van der Waals surface area (Å²) in [4.78, 5) is 8.01. The van der Waals surface area contributed by atoms with Crippen molar-refractivity contribution < 1.29 is 17.2 Å². The van der Waals surface area contributed by atoms with Gasteiger partial charge in [0.1, 0.15) is 11.6 Å². The minimum atomic E-state index is -3.31. The highest BCUT2D eigenvalue weighted by atomic mass is 32.2. The zero-order valence-corrected chi connectivity index (χ0v) is 17.5. The van der Waals surface area contributed by atoms with Crippen molar-refractivity contribution in [3.05, 3.63) is 29.8 Å². The molecule has 7 nitrogen and oxygen atoms in total. The summed E-state index contributed by atoms with van der Waals surface area (Å²) in [6, 6.07) is 3.45. The lowest BCUT2D eigenvalue weighted by atomic mass is 9.86. The number of hydrogen-bond donors (Lipinski definition) is 2. The molecule has 3 rings (SSSR count). The van der Waals surface area contributed by atoms with Crippen LogP contribution in [0.3, 0.4) is 0 Å². The van der Waals surface area contributed by atoms with Crippen LogP contribution in [0.25, 0.3) is 0 Å². The lowest BCUT2D eigenvalue weighted by Gasteiger charge is -2.37. The zero-order chi connectivity index (χ0) is 20.9. The number of halogens is 2. The molecule has 0 radical (unpaired) electrons. The molecule has 0 bridgehead atoms. The van der Waals surface area contributed by atoms with E-state index in [2.05, 4.69) is 15.0 Å². The van der Waals surface area contributed by atoms with Gasteiger partial charge in [0.25, 0.3) is 0 Å². The average Bonchev–Trinajstić information content (AvgIpc) is 2.66. The first-order chi connectivity index (χ1) is 13.9. The highest BCUT2D eigenvalue weighted by Crippen LogP contribution is 2.25. The van der Waals surface area contributed by atoms with E-state index in [0.717, 1.165) is 25.0 Å². The molecule has 2 fully saturated rings. The first kappa shape index (κ1) is 21.8. The van der Waals surface area contributed by atoms with Crippen LogP contribution in [0, 0.1) is 17.6 Å². The molecular weight excluding hydrogens is 400 g/mol. The van der Waals surface area contributed by atoms with Crippen LogP contribution in [0.1, 0.15) is 19.3 Å². The zero-order valence-electron chi connectivity index (χ0n) is 16.7. The normalized spacial score (nSPS) is 18.7. The maximum Gasteiger partial charge on any atom is 0.213 e.